The van der Waals surface area contributed by atoms with Crippen molar-refractivity contribution >= 4 is 27.5 Å². The average molecular weight is 315 g/mol. The van der Waals surface area contributed by atoms with Crippen molar-refractivity contribution in [2.45, 2.75) is 26.4 Å². The van der Waals surface area contributed by atoms with E-state index in [9.17, 15) is 4.79 Å². The third-order valence-electron chi connectivity index (χ3n) is 2.47. The highest BCUT2D eigenvalue weighted by molar-refractivity contribution is 9.10. The lowest BCUT2D eigenvalue weighted by molar-refractivity contribution is -0.00815. The summed E-state index contributed by atoms with van der Waals surface area (Å²) in [6.07, 6.45) is 0. The van der Waals surface area contributed by atoms with Gasteiger partial charge in [-0.15, -0.1) is 0 Å². The number of ether oxygens (including phenoxy) is 1. The molecule has 1 amide bonds. The van der Waals surface area contributed by atoms with Gasteiger partial charge in [-0.2, -0.15) is 0 Å². The Morgan fingerprint density at radius 1 is 1.50 bits per heavy atom. The van der Waals surface area contributed by atoms with Crippen molar-refractivity contribution in [3.8, 4) is 0 Å². The van der Waals surface area contributed by atoms with E-state index in [1.807, 2.05) is 20.8 Å². The zero-order chi connectivity index (χ0) is 13.8. The summed E-state index contributed by atoms with van der Waals surface area (Å²) in [5.41, 5.74) is 6.49. The van der Waals surface area contributed by atoms with E-state index < -0.39 is 0 Å². The molecule has 0 aliphatic heterocycles. The van der Waals surface area contributed by atoms with Crippen LogP contribution in [-0.4, -0.2) is 24.7 Å². The lowest BCUT2D eigenvalue weighted by Crippen LogP contribution is -2.40. The zero-order valence-electron chi connectivity index (χ0n) is 10.9. The van der Waals surface area contributed by atoms with Gasteiger partial charge < -0.3 is 15.8 Å². The van der Waals surface area contributed by atoms with Crippen LogP contribution in [0, 0.1) is 0 Å². The Labute approximate surface area is 116 Å². The Morgan fingerprint density at radius 2 is 2.17 bits per heavy atom. The molecule has 1 rings (SSSR count). The molecule has 0 aliphatic rings. The molecule has 0 atom stereocenters. The van der Waals surface area contributed by atoms with Crippen molar-refractivity contribution in [1.29, 1.82) is 0 Å². The second-order valence-corrected chi connectivity index (χ2v) is 5.47. The van der Waals surface area contributed by atoms with Gasteiger partial charge in [-0.1, -0.05) is 0 Å². The molecule has 3 N–H and O–H groups in total. The van der Waals surface area contributed by atoms with Crippen LogP contribution in [-0.2, 0) is 4.74 Å². The summed E-state index contributed by atoms with van der Waals surface area (Å²) in [6.45, 7) is 6.89. The van der Waals surface area contributed by atoms with Gasteiger partial charge in [-0.05, 0) is 54.9 Å². The first-order valence-electron chi connectivity index (χ1n) is 5.83. The predicted molar refractivity (Wildman–Crippen MR) is 76.6 cm³/mol. The van der Waals surface area contributed by atoms with Crippen LogP contribution in [0.5, 0.6) is 0 Å². The number of rotatable bonds is 5. The first-order valence-corrected chi connectivity index (χ1v) is 6.62. The lowest BCUT2D eigenvalue weighted by Gasteiger charge is -2.24. The predicted octanol–water partition coefficient (Wildman–Crippen LogP) is 2.58. The van der Waals surface area contributed by atoms with E-state index >= 15 is 0 Å². The topological polar surface area (TPSA) is 64.3 Å². The molecular weight excluding hydrogens is 296 g/mol. The molecule has 0 heterocycles. The van der Waals surface area contributed by atoms with Crippen LogP contribution in [0.25, 0.3) is 0 Å². The Balaban J connectivity index is 2.63. The summed E-state index contributed by atoms with van der Waals surface area (Å²) in [5, 5.41) is 2.85. The summed E-state index contributed by atoms with van der Waals surface area (Å²) in [6, 6.07) is 5.11. The van der Waals surface area contributed by atoms with Crippen LogP contribution in [0.4, 0.5) is 5.69 Å². The third-order valence-corrected chi connectivity index (χ3v) is 3.16. The Kier molecular flexibility index (Phi) is 5.16. The van der Waals surface area contributed by atoms with E-state index in [1.165, 1.54) is 0 Å². The Bertz CT molecular complexity index is 433. The first-order chi connectivity index (χ1) is 8.35. The number of nitrogens with two attached hydrogens (primary N) is 1. The second kappa shape index (κ2) is 6.20. The van der Waals surface area contributed by atoms with Gasteiger partial charge in [0.2, 0.25) is 0 Å². The summed E-state index contributed by atoms with van der Waals surface area (Å²) >= 11 is 3.30. The van der Waals surface area contributed by atoms with Crippen LogP contribution < -0.4 is 11.1 Å². The Hall–Kier alpha value is -1.07. The van der Waals surface area contributed by atoms with E-state index in [1.54, 1.807) is 18.2 Å². The van der Waals surface area contributed by atoms with Crippen molar-refractivity contribution in [2.24, 2.45) is 0 Å². The monoisotopic (exact) mass is 314 g/mol. The fourth-order valence-corrected chi connectivity index (χ4v) is 1.88. The van der Waals surface area contributed by atoms with Crippen LogP contribution >= 0.6 is 15.9 Å². The molecule has 0 fully saturated rings. The highest BCUT2D eigenvalue weighted by Crippen LogP contribution is 2.20. The summed E-state index contributed by atoms with van der Waals surface area (Å²) < 4.78 is 6.24. The molecule has 0 spiro atoms. The molecule has 0 saturated heterocycles. The van der Waals surface area contributed by atoms with E-state index in [4.69, 9.17) is 10.5 Å². The molecule has 0 bridgehead atoms. The van der Waals surface area contributed by atoms with Crippen LogP contribution in [0.3, 0.4) is 0 Å². The third kappa shape index (κ3) is 4.31. The van der Waals surface area contributed by atoms with E-state index in [0.717, 1.165) is 4.47 Å². The SMILES string of the molecule is CCOC(C)(C)CNC(=O)c1ccc(N)c(Br)c1. The van der Waals surface area contributed by atoms with Gasteiger partial charge in [0, 0.05) is 28.9 Å². The van der Waals surface area contributed by atoms with Gasteiger partial charge in [-0.25, -0.2) is 0 Å². The largest absolute Gasteiger partial charge is 0.398 e. The van der Waals surface area contributed by atoms with Crippen molar-refractivity contribution in [1.82, 2.24) is 5.32 Å². The van der Waals surface area contributed by atoms with Crippen molar-refractivity contribution in [3.63, 3.8) is 0 Å². The normalized spacial score (nSPS) is 11.3. The fourth-order valence-electron chi connectivity index (χ4n) is 1.51. The fraction of sp³-hybridized carbons (Fsp3) is 0.462. The molecule has 0 unspecified atom stereocenters. The van der Waals surface area contributed by atoms with Crippen molar-refractivity contribution in [2.75, 3.05) is 18.9 Å². The molecule has 0 aliphatic carbocycles. The quantitative estimate of drug-likeness (QED) is 0.821. The summed E-state index contributed by atoms with van der Waals surface area (Å²) in [5.74, 6) is -0.136. The number of benzene rings is 1. The number of hydrogen-bond donors (Lipinski definition) is 2. The molecule has 0 saturated carbocycles. The average Bonchev–Trinajstić information content (AvgIpc) is 2.30. The van der Waals surface area contributed by atoms with Crippen LogP contribution in [0.15, 0.2) is 22.7 Å². The van der Waals surface area contributed by atoms with Crippen LogP contribution in [0.1, 0.15) is 31.1 Å². The first kappa shape index (κ1) is 15.0. The summed E-state index contributed by atoms with van der Waals surface area (Å²) in [4.78, 5) is 11.9. The number of carbonyl (C=O) groups excluding carboxylic acids is 1. The van der Waals surface area contributed by atoms with Gasteiger partial charge >= 0.3 is 0 Å². The number of halogens is 1. The maximum Gasteiger partial charge on any atom is 0.251 e. The molecule has 5 heteroatoms. The number of hydrogen-bond acceptors (Lipinski definition) is 3. The number of amides is 1. The van der Waals surface area contributed by atoms with Crippen LogP contribution in [0.2, 0.25) is 0 Å². The number of anilines is 1. The maximum atomic E-state index is 11.9. The maximum absolute atomic E-state index is 11.9. The number of nitrogen functional groups attached to an aromatic ring is 1. The van der Waals surface area contributed by atoms with Gasteiger partial charge in [0.1, 0.15) is 0 Å². The van der Waals surface area contributed by atoms with E-state index in [0.29, 0.717) is 24.4 Å². The standard InChI is InChI=1S/C13H19BrN2O2/c1-4-18-13(2,3)8-16-12(17)9-5-6-11(15)10(14)7-9/h5-7H,4,8,15H2,1-3H3,(H,16,17). The van der Waals surface area contributed by atoms with Crippen molar-refractivity contribution < 1.29 is 9.53 Å². The van der Waals surface area contributed by atoms with E-state index in [-0.39, 0.29) is 11.5 Å². The smallest absolute Gasteiger partial charge is 0.251 e. The van der Waals surface area contributed by atoms with Gasteiger partial charge in [-0.3, -0.25) is 4.79 Å². The second-order valence-electron chi connectivity index (χ2n) is 4.61. The molecule has 100 valence electrons. The zero-order valence-corrected chi connectivity index (χ0v) is 12.5. The van der Waals surface area contributed by atoms with Gasteiger partial charge in [0.05, 0.1) is 5.60 Å². The highest BCUT2D eigenvalue weighted by Gasteiger charge is 2.19. The van der Waals surface area contributed by atoms with Gasteiger partial charge in [0.15, 0.2) is 0 Å². The molecule has 0 aromatic heterocycles. The molecule has 1 aromatic carbocycles. The number of carbonyl (C=O) groups is 1. The summed E-state index contributed by atoms with van der Waals surface area (Å²) in [7, 11) is 0. The minimum absolute atomic E-state index is 0.136. The molecular formula is C13H19BrN2O2. The lowest BCUT2D eigenvalue weighted by atomic mass is 10.1. The van der Waals surface area contributed by atoms with Crippen molar-refractivity contribution in [3.05, 3.63) is 28.2 Å². The Morgan fingerprint density at radius 3 is 2.72 bits per heavy atom. The van der Waals surface area contributed by atoms with E-state index in [2.05, 4.69) is 21.2 Å². The number of nitrogens with one attached hydrogen (secondary N) is 1. The molecule has 18 heavy (non-hydrogen) atoms. The molecule has 0 radical (unpaired) electrons. The molecule has 4 nitrogen and oxygen atoms in total. The minimum atomic E-state index is -0.366. The minimum Gasteiger partial charge on any atom is -0.398 e. The highest BCUT2D eigenvalue weighted by atomic mass is 79.9. The molecule has 1 aromatic rings. The van der Waals surface area contributed by atoms with Gasteiger partial charge in [0.25, 0.3) is 5.91 Å².